The lowest BCUT2D eigenvalue weighted by Gasteiger charge is -2.08. The Hall–Kier alpha value is -3.53. The Morgan fingerprint density at radius 2 is 2.11 bits per heavy atom. The first-order valence-electron chi connectivity index (χ1n) is 8.47. The van der Waals surface area contributed by atoms with Crippen LogP contribution in [0.5, 0.6) is 11.5 Å². The van der Waals surface area contributed by atoms with Gasteiger partial charge in [-0.15, -0.1) is 10.2 Å². The minimum absolute atomic E-state index is 0.239. The second-order valence-corrected chi connectivity index (χ2v) is 7.06. The van der Waals surface area contributed by atoms with Crippen molar-refractivity contribution in [3.63, 3.8) is 0 Å². The third-order valence-electron chi connectivity index (χ3n) is 4.27. The van der Waals surface area contributed by atoms with Gasteiger partial charge in [-0.1, -0.05) is 11.3 Å². The number of ether oxygens (including phenoxy) is 2. The van der Waals surface area contributed by atoms with Gasteiger partial charge < -0.3 is 9.47 Å². The van der Waals surface area contributed by atoms with E-state index in [2.05, 4.69) is 25.4 Å². The van der Waals surface area contributed by atoms with Crippen molar-refractivity contribution >= 4 is 27.2 Å². The maximum absolute atomic E-state index is 6.01. The van der Waals surface area contributed by atoms with Crippen LogP contribution in [-0.2, 0) is 13.7 Å². The van der Waals surface area contributed by atoms with Crippen LogP contribution in [0.4, 0.5) is 0 Å². The molecule has 0 bridgehead atoms. The summed E-state index contributed by atoms with van der Waals surface area (Å²) < 4.78 is 14.7. The lowest BCUT2D eigenvalue weighted by molar-refractivity contribution is 0.296. The fourth-order valence-electron chi connectivity index (χ4n) is 2.89. The van der Waals surface area contributed by atoms with E-state index < -0.39 is 0 Å². The summed E-state index contributed by atoms with van der Waals surface area (Å²) in [4.78, 5) is 5.08. The molecule has 4 heterocycles. The van der Waals surface area contributed by atoms with Crippen molar-refractivity contribution in [2.24, 2.45) is 7.05 Å². The Kier molecular flexibility index (Phi) is 3.90. The lowest BCUT2D eigenvalue weighted by Crippen LogP contribution is -2.03. The summed E-state index contributed by atoms with van der Waals surface area (Å²) in [6, 6.07) is 7.51. The molecule has 9 nitrogen and oxygen atoms in total. The van der Waals surface area contributed by atoms with Crippen molar-refractivity contribution in [2.75, 3.05) is 7.11 Å². The third-order valence-corrected chi connectivity index (χ3v) is 5.22. The smallest absolute Gasteiger partial charge is 0.235 e. The number of fused-ring (bicyclic) bond motifs is 2. The highest BCUT2D eigenvalue weighted by Gasteiger charge is 2.15. The van der Waals surface area contributed by atoms with E-state index in [0.717, 1.165) is 27.2 Å². The highest BCUT2D eigenvalue weighted by molar-refractivity contribution is 7.19. The predicted molar refractivity (Wildman–Crippen MR) is 103 cm³/mol. The Bertz CT molecular complexity index is 1290. The molecule has 0 amide bonds. The third kappa shape index (κ3) is 2.83. The number of aryl methyl sites for hydroxylation is 1. The van der Waals surface area contributed by atoms with Crippen molar-refractivity contribution < 1.29 is 9.47 Å². The molecule has 4 aromatic heterocycles. The SMILES string of the molecule is COc1ccc2c(OCc3nnc4sc(-c5cnn(C)c5)nn34)ccnc2c1. The average molecular weight is 393 g/mol. The number of nitrogens with zero attached hydrogens (tertiary/aromatic N) is 7. The first-order chi connectivity index (χ1) is 13.7. The summed E-state index contributed by atoms with van der Waals surface area (Å²) in [5, 5.41) is 18.9. The molecule has 0 saturated carbocycles. The zero-order valence-electron chi connectivity index (χ0n) is 15.1. The van der Waals surface area contributed by atoms with Gasteiger partial charge in [0, 0.05) is 30.9 Å². The molecular weight excluding hydrogens is 378 g/mol. The maximum Gasteiger partial charge on any atom is 0.235 e. The molecule has 28 heavy (non-hydrogen) atoms. The van der Waals surface area contributed by atoms with Crippen LogP contribution in [-0.4, -0.2) is 41.7 Å². The predicted octanol–water partition coefficient (Wildman–Crippen LogP) is 2.72. The first kappa shape index (κ1) is 16.6. The van der Waals surface area contributed by atoms with Gasteiger partial charge in [-0.2, -0.15) is 14.7 Å². The average Bonchev–Trinajstić information content (AvgIpc) is 3.41. The van der Waals surface area contributed by atoms with Crippen LogP contribution in [0.2, 0.25) is 0 Å². The summed E-state index contributed by atoms with van der Waals surface area (Å²) in [5.41, 5.74) is 1.75. The van der Waals surface area contributed by atoms with Crippen LogP contribution >= 0.6 is 11.3 Å². The molecule has 140 valence electrons. The molecule has 0 saturated heterocycles. The van der Waals surface area contributed by atoms with Gasteiger partial charge in [-0.25, -0.2) is 0 Å². The Labute approximate surface area is 163 Å². The van der Waals surface area contributed by atoms with E-state index in [9.17, 15) is 0 Å². The molecule has 0 N–H and O–H groups in total. The number of benzene rings is 1. The summed E-state index contributed by atoms with van der Waals surface area (Å²) in [6.07, 6.45) is 5.40. The van der Waals surface area contributed by atoms with Crippen LogP contribution in [0.1, 0.15) is 5.82 Å². The zero-order chi connectivity index (χ0) is 19.1. The minimum Gasteiger partial charge on any atom is -0.497 e. The number of rotatable bonds is 5. The van der Waals surface area contributed by atoms with Crippen LogP contribution in [0.3, 0.4) is 0 Å². The zero-order valence-corrected chi connectivity index (χ0v) is 15.9. The van der Waals surface area contributed by atoms with Gasteiger partial charge in [0.15, 0.2) is 10.8 Å². The van der Waals surface area contributed by atoms with E-state index in [0.29, 0.717) is 16.5 Å². The Morgan fingerprint density at radius 1 is 1.18 bits per heavy atom. The van der Waals surface area contributed by atoms with Gasteiger partial charge in [-0.3, -0.25) is 9.67 Å². The van der Waals surface area contributed by atoms with Gasteiger partial charge in [0.2, 0.25) is 4.96 Å². The Balaban J connectivity index is 1.43. The van der Waals surface area contributed by atoms with E-state index in [1.165, 1.54) is 11.3 Å². The molecule has 0 aliphatic rings. The second kappa shape index (κ2) is 6.57. The topological polar surface area (TPSA) is 92.2 Å². The van der Waals surface area contributed by atoms with E-state index in [-0.39, 0.29) is 6.61 Å². The molecule has 0 aliphatic heterocycles. The largest absolute Gasteiger partial charge is 0.497 e. The molecule has 10 heteroatoms. The van der Waals surface area contributed by atoms with E-state index in [1.807, 2.05) is 37.5 Å². The van der Waals surface area contributed by atoms with Crippen LogP contribution in [0.25, 0.3) is 26.4 Å². The second-order valence-electron chi connectivity index (χ2n) is 6.10. The van der Waals surface area contributed by atoms with Crippen molar-refractivity contribution in [3.05, 3.63) is 48.7 Å². The number of hydrogen-bond donors (Lipinski definition) is 0. The molecule has 0 spiro atoms. The maximum atomic E-state index is 6.01. The number of hydrogen-bond acceptors (Lipinski definition) is 8. The molecule has 0 fully saturated rings. The van der Waals surface area contributed by atoms with E-state index >= 15 is 0 Å². The lowest BCUT2D eigenvalue weighted by atomic mass is 10.2. The summed E-state index contributed by atoms with van der Waals surface area (Å²) in [7, 11) is 3.50. The van der Waals surface area contributed by atoms with Crippen molar-refractivity contribution in [1.82, 2.24) is 34.6 Å². The normalized spacial score (nSPS) is 11.4. The Morgan fingerprint density at radius 3 is 2.93 bits per heavy atom. The van der Waals surface area contributed by atoms with E-state index in [4.69, 9.17) is 9.47 Å². The summed E-state index contributed by atoms with van der Waals surface area (Å²) in [6.45, 7) is 0.239. The quantitative estimate of drug-likeness (QED) is 0.453. The fraction of sp³-hybridized carbons (Fsp3) is 0.167. The van der Waals surface area contributed by atoms with Gasteiger partial charge in [0.25, 0.3) is 0 Å². The number of aromatic nitrogens is 7. The molecular formula is C18H15N7O2S. The molecule has 5 aromatic rings. The molecule has 0 atom stereocenters. The van der Waals surface area contributed by atoms with Gasteiger partial charge in [0.1, 0.15) is 18.1 Å². The van der Waals surface area contributed by atoms with Crippen LogP contribution in [0.15, 0.2) is 42.9 Å². The van der Waals surface area contributed by atoms with Crippen molar-refractivity contribution in [1.29, 1.82) is 0 Å². The number of methoxy groups -OCH3 is 1. The number of pyridine rings is 1. The summed E-state index contributed by atoms with van der Waals surface area (Å²) >= 11 is 1.46. The summed E-state index contributed by atoms with van der Waals surface area (Å²) in [5.74, 6) is 2.09. The molecule has 0 radical (unpaired) electrons. The fourth-order valence-corrected chi connectivity index (χ4v) is 3.73. The molecule has 0 unspecified atom stereocenters. The monoisotopic (exact) mass is 393 g/mol. The first-order valence-corrected chi connectivity index (χ1v) is 9.28. The standard InChI is InChI=1S/C18H15N7O2S/c1-24-9-11(8-20-24)17-23-25-16(21-22-18(25)28-17)10-27-15-5-6-19-14-7-12(26-2)3-4-13(14)15/h3-9H,10H2,1-2H3. The van der Waals surface area contributed by atoms with Crippen molar-refractivity contribution in [3.8, 4) is 22.1 Å². The van der Waals surface area contributed by atoms with Gasteiger partial charge >= 0.3 is 0 Å². The van der Waals surface area contributed by atoms with Crippen LogP contribution < -0.4 is 9.47 Å². The highest BCUT2D eigenvalue weighted by Crippen LogP contribution is 2.28. The molecule has 5 rings (SSSR count). The molecule has 0 aliphatic carbocycles. The van der Waals surface area contributed by atoms with Gasteiger partial charge in [-0.05, 0) is 18.2 Å². The minimum atomic E-state index is 0.239. The van der Waals surface area contributed by atoms with Crippen molar-refractivity contribution in [2.45, 2.75) is 6.61 Å². The van der Waals surface area contributed by atoms with Crippen LogP contribution in [0, 0.1) is 0 Å². The highest BCUT2D eigenvalue weighted by atomic mass is 32.1. The van der Waals surface area contributed by atoms with E-state index in [1.54, 1.807) is 28.7 Å². The van der Waals surface area contributed by atoms with Gasteiger partial charge in [0.05, 0.1) is 24.4 Å². The molecule has 1 aromatic carbocycles.